The first-order chi connectivity index (χ1) is 22.5. The van der Waals surface area contributed by atoms with Gasteiger partial charge in [0.2, 0.25) is 0 Å². The molecule has 1 saturated heterocycles. The van der Waals surface area contributed by atoms with Gasteiger partial charge in [-0.05, 0) is 103 Å². The third-order valence-corrected chi connectivity index (χ3v) is 10.2. The minimum absolute atomic E-state index is 0.0443. The predicted molar refractivity (Wildman–Crippen MR) is 193 cm³/mol. The molecule has 252 valence electrons. The van der Waals surface area contributed by atoms with Gasteiger partial charge in [0, 0.05) is 24.0 Å². The SMILES string of the molecule is C=C\C=C(/C(C)=C(C)/C=C(\C)c1ccc(C=O)cc1F)c1ccc(OC2CCOCC2)c(C#N)c1.CCCC1(C)CCC1C(C)CC. The van der Waals surface area contributed by atoms with Crippen molar-refractivity contribution in [1.82, 2.24) is 0 Å². The van der Waals surface area contributed by atoms with Gasteiger partial charge in [-0.2, -0.15) is 5.26 Å². The maximum Gasteiger partial charge on any atom is 0.150 e. The van der Waals surface area contributed by atoms with Crippen molar-refractivity contribution in [3.8, 4) is 11.8 Å². The van der Waals surface area contributed by atoms with E-state index in [4.69, 9.17) is 9.47 Å². The Morgan fingerprint density at radius 2 is 1.87 bits per heavy atom. The number of ether oxygens (including phenoxy) is 2. The van der Waals surface area contributed by atoms with E-state index in [2.05, 4.69) is 40.3 Å². The summed E-state index contributed by atoms with van der Waals surface area (Å²) in [5.41, 5.74) is 6.36. The van der Waals surface area contributed by atoms with Crippen LogP contribution in [0.4, 0.5) is 4.39 Å². The number of nitriles is 1. The van der Waals surface area contributed by atoms with E-state index >= 15 is 0 Å². The van der Waals surface area contributed by atoms with Gasteiger partial charge >= 0.3 is 0 Å². The number of carbonyl (C=O) groups is 1. The summed E-state index contributed by atoms with van der Waals surface area (Å²) < 4.78 is 26.0. The van der Waals surface area contributed by atoms with Gasteiger partial charge in [-0.1, -0.05) is 83.5 Å². The Morgan fingerprint density at radius 3 is 2.43 bits per heavy atom. The van der Waals surface area contributed by atoms with Crippen LogP contribution in [-0.4, -0.2) is 25.6 Å². The Balaban J connectivity index is 0.000000420. The molecule has 47 heavy (non-hydrogen) atoms. The summed E-state index contributed by atoms with van der Waals surface area (Å²) >= 11 is 0. The molecule has 1 aliphatic heterocycles. The van der Waals surface area contributed by atoms with Crippen LogP contribution in [-0.2, 0) is 4.74 Å². The Morgan fingerprint density at radius 1 is 1.15 bits per heavy atom. The molecule has 0 radical (unpaired) electrons. The zero-order valence-corrected chi connectivity index (χ0v) is 29.6. The third-order valence-electron chi connectivity index (χ3n) is 10.2. The average molecular weight is 640 g/mol. The number of aldehydes is 1. The second-order valence-electron chi connectivity index (χ2n) is 13.5. The smallest absolute Gasteiger partial charge is 0.150 e. The molecule has 1 aliphatic carbocycles. The van der Waals surface area contributed by atoms with E-state index in [-0.39, 0.29) is 6.10 Å². The third kappa shape index (κ3) is 9.88. The fourth-order valence-electron chi connectivity index (χ4n) is 7.01. The van der Waals surface area contributed by atoms with E-state index in [1.54, 1.807) is 18.2 Å². The summed E-state index contributed by atoms with van der Waals surface area (Å²) in [4.78, 5) is 10.9. The molecule has 1 heterocycles. The van der Waals surface area contributed by atoms with Gasteiger partial charge < -0.3 is 9.47 Å². The first-order valence-electron chi connectivity index (χ1n) is 17.2. The molecular formula is C42H54FNO3. The summed E-state index contributed by atoms with van der Waals surface area (Å²) in [7, 11) is 0. The van der Waals surface area contributed by atoms with Crippen LogP contribution in [0.3, 0.4) is 0 Å². The highest BCUT2D eigenvalue weighted by Gasteiger charge is 2.43. The van der Waals surface area contributed by atoms with Crippen molar-refractivity contribution in [3.63, 3.8) is 0 Å². The van der Waals surface area contributed by atoms with Crippen molar-refractivity contribution in [1.29, 1.82) is 5.26 Å². The first kappa shape index (κ1) is 37.7. The molecule has 3 atom stereocenters. The van der Waals surface area contributed by atoms with Crippen LogP contribution in [0, 0.1) is 34.4 Å². The van der Waals surface area contributed by atoms with E-state index in [1.165, 1.54) is 38.2 Å². The standard InChI is InChI=1S/C30H30FNO3.C12H24/c1-5-6-28(22(4)20(2)15-21(3)27-9-7-23(19-33)16-29(27)31)24-8-10-30(25(17-24)18-32)35-26-11-13-34-14-12-26;1-5-8-12(4)9-7-11(12)10(3)6-2/h5-10,15-17,19,26H,1,11-14H2,2-4H3;10-11H,5-9H2,1-4H3/b21-15+,22-20+,28-6+;. The quantitative estimate of drug-likeness (QED) is 0.171. The van der Waals surface area contributed by atoms with Crippen molar-refractivity contribution in [2.75, 3.05) is 13.2 Å². The topological polar surface area (TPSA) is 59.3 Å². The van der Waals surface area contributed by atoms with Crippen molar-refractivity contribution < 1.29 is 18.7 Å². The average Bonchev–Trinajstić information content (AvgIpc) is 3.07. The van der Waals surface area contributed by atoms with Crippen LogP contribution in [0.1, 0.15) is 120 Å². The van der Waals surface area contributed by atoms with Crippen molar-refractivity contribution >= 4 is 17.4 Å². The van der Waals surface area contributed by atoms with Crippen LogP contribution >= 0.6 is 0 Å². The highest BCUT2D eigenvalue weighted by atomic mass is 19.1. The zero-order chi connectivity index (χ0) is 34.6. The van der Waals surface area contributed by atoms with E-state index < -0.39 is 5.82 Å². The van der Waals surface area contributed by atoms with Crippen LogP contribution < -0.4 is 4.74 Å². The number of hydrogen-bond donors (Lipinski definition) is 0. The molecule has 2 aromatic rings. The van der Waals surface area contributed by atoms with Crippen LogP contribution in [0.2, 0.25) is 0 Å². The Bertz CT molecular complexity index is 1520. The van der Waals surface area contributed by atoms with Gasteiger partial charge in [-0.25, -0.2) is 4.39 Å². The summed E-state index contributed by atoms with van der Waals surface area (Å²) in [6, 6.07) is 12.3. The maximum atomic E-state index is 14.5. The number of nitrogens with zero attached hydrogens (tertiary/aromatic N) is 1. The Hall–Kier alpha value is -3.75. The molecule has 0 bridgehead atoms. The number of hydrogen-bond acceptors (Lipinski definition) is 4. The lowest BCUT2D eigenvalue weighted by Gasteiger charge is -2.50. The predicted octanol–water partition coefficient (Wildman–Crippen LogP) is 11.3. The lowest BCUT2D eigenvalue weighted by Crippen LogP contribution is -2.41. The lowest BCUT2D eigenvalue weighted by molar-refractivity contribution is -0.00163. The van der Waals surface area contributed by atoms with Crippen LogP contribution in [0.5, 0.6) is 5.75 Å². The molecule has 0 N–H and O–H groups in total. The molecule has 1 saturated carbocycles. The monoisotopic (exact) mass is 639 g/mol. The van der Waals surface area contributed by atoms with Gasteiger partial charge in [0.15, 0.2) is 0 Å². The van der Waals surface area contributed by atoms with Gasteiger partial charge in [0.25, 0.3) is 0 Å². The number of allylic oxidation sites excluding steroid dienone is 7. The van der Waals surface area contributed by atoms with E-state index in [0.29, 0.717) is 47.4 Å². The second kappa shape index (κ2) is 18.0. The molecule has 3 unspecified atom stereocenters. The fraction of sp³-hybridized carbons (Fsp3) is 0.476. The highest BCUT2D eigenvalue weighted by molar-refractivity contribution is 5.83. The van der Waals surface area contributed by atoms with Crippen molar-refractivity contribution in [2.24, 2.45) is 17.3 Å². The largest absolute Gasteiger partial charge is 0.489 e. The number of rotatable bonds is 12. The Labute approximate surface area is 283 Å². The summed E-state index contributed by atoms with van der Waals surface area (Å²) in [6.07, 6.45) is 15.0. The number of benzene rings is 2. The number of carbonyl (C=O) groups excluding carboxylic acids is 1. The molecule has 2 aliphatic rings. The van der Waals surface area contributed by atoms with E-state index in [1.807, 2.05) is 51.1 Å². The molecular weight excluding hydrogens is 585 g/mol. The second-order valence-corrected chi connectivity index (χ2v) is 13.5. The number of halogens is 1. The zero-order valence-electron chi connectivity index (χ0n) is 29.6. The molecule has 0 amide bonds. The van der Waals surface area contributed by atoms with E-state index in [9.17, 15) is 14.4 Å². The van der Waals surface area contributed by atoms with Gasteiger partial charge in [0.1, 0.15) is 30.0 Å². The minimum atomic E-state index is -0.436. The van der Waals surface area contributed by atoms with Crippen LogP contribution in [0.25, 0.3) is 11.1 Å². The molecule has 5 heteroatoms. The maximum absolute atomic E-state index is 14.5. The normalized spacial score (nSPS) is 21.3. The van der Waals surface area contributed by atoms with Crippen molar-refractivity contribution in [3.05, 3.63) is 100 Å². The van der Waals surface area contributed by atoms with Gasteiger partial charge in [-0.3, -0.25) is 4.79 Å². The van der Waals surface area contributed by atoms with Crippen LogP contribution in [0.15, 0.2) is 72.4 Å². The summed E-state index contributed by atoms with van der Waals surface area (Å²) in [5, 5.41) is 9.77. The minimum Gasteiger partial charge on any atom is -0.489 e. The fourth-order valence-corrected chi connectivity index (χ4v) is 7.01. The molecule has 2 aromatic carbocycles. The summed E-state index contributed by atoms with van der Waals surface area (Å²) in [6.45, 7) is 20.5. The molecule has 2 fully saturated rings. The van der Waals surface area contributed by atoms with Gasteiger partial charge in [-0.15, -0.1) is 0 Å². The van der Waals surface area contributed by atoms with Gasteiger partial charge in [0.05, 0.1) is 18.8 Å². The summed E-state index contributed by atoms with van der Waals surface area (Å²) in [5.74, 6) is 2.12. The molecule has 4 rings (SSSR count). The highest BCUT2D eigenvalue weighted by Crippen LogP contribution is 2.53. The first-order valence-corrected chi connectivity index (χ1v) is 17.2. The molecule has 0 spiro atoms. The van der Waals surface area contributed by atoms with Crippen molar-refractivity contribution in [2.45, 2.75) is 99.5 Å². The molecule has 4 nitrogen and oxygen atoms in total. The molecule has 0 aromatic heterocycles. The van der Waals surface area contributed by atoms with E-state index in [0.717, 1.165) is 52.5 Å². The Kier molecular flexibility index (Phi) is 14.4. The lowest BCUT2D eigenvalue weighted by atomic mass is 9.55.